The lowest BCUT2D eigenvalue weighted by Gasteiger charge is -2.29. The van der Waals surface area contributed by atoms with Gasteiger partial charge in [0, 0.05) is 26.1 Å². The van der Waals surface area contributed by atoms with Gasteiger partial charge in [0.2, 0.25) is 5.91 Å². The molecule has 8 nitrogen and oxygen atoms in total. The monoisotopic (exact) mass is 468 g/mol. The van der Waals surface area contributed by atoms with Crippen molar-refractivity contribution in [2.75, 3.05) is 13.2 Å². The Morgan fingerprint density at radius 1 is 1.30 bits per heavy atom. The van der Waals surface area contributed by atoms with Crippen LogP contribution in [0.4, 0.5) is 13.2 Å². The predicted octanol–water partition coefficient (Wildman–Crippen LogP) is 3.46. The molecule has 0 spiro atoms. The summed E-state index contributed by atoms with van der Waals surface area (Å²) in [6, 6.07) is 3.03. The fraction of sp³-hybridized carbons (Fsp3) is 0.591. The number of nitrogens with one attached hydrogen (secondary N) is 1. The highest BCUT2D eigenvalue weighted by Crippen LogP contribution is 2.33. The van der Waals surface area contributed by atoms with Crippen LogP contribution in [0.15, 0.2) is 6.07 Å². The molecule has 1 aromatic carbocycles. The van der Waals surface area contributed by atoms with Gasteiger partial charge in [0.15, 0.2) is 11.6 Å². The lowest BCUT2D eigenvalue weighted by Crippen LogP contribution is -2.37. The van der Waals surface area contributed by atoms with E-state index in [2.05, 4.69) is 10.3 Å². The molecule has 1 fully saturated rings. The molecule has 180 valence electrons. The van der Waals surface area contributed by atoms with Crippen molar-refractivity contribution < 1.29 is 32.2 Å². The largest absolute Gasteiger partial charge is 0.484 e. The van der Waals surface area contributed by atoms with Crippen molar-refractivity contribution in [2.45, 2.75) is 64.2 Å². The molecule has 1 N–H and O–H groups in total. The first kappa shape index (κ1) is 24.6. The molecule has 11 heteroatoms. The fourth-order valence-corrected chi connectivity index (χ4v) is 3.88. The molecule has 1 aliphatic rings. The highest BCUT2D eigenvalue weighted by atomic mass is 19.3. The summed E-state index contributed by atoms with van der Waals surface area (Å²) in [6.45, 7) is 2.78. The van der Waals surface area contributed by atoms with Crippen LogP contribution in [0.5, 0.6) is 11.8 Å². The number of alkyl halides is 2. The number of carbonyl (C=O) groups excluding carboxylic acids is 1. The number of fused-ring (bicyclic) bond motifs is 1. The lowest BCUT2D eigenvalue weighted by molar-refractivity contribution is -0.120. The predicted molar refractivity (Wildman–Crippen MR) is 113 cm³/mol. The third kappa shape index (κ3) is 6.07. The number of amides is 1. The molecule has 1 atom stereocenters. The highest BCUT2D eigenvalue weighted by Gasteiger charge is 2.27. The van der Waals surface area contributed by atoms with Crippen molar-refractivity contribution in [3.8, 4) is 17.8 Å². The number of rotatable bonds is 9. The molecule has 1 saturated carbocycles. The van der Waals surface area contributed by atoms with Crippen LogP contribution >= 0.6 is 0 Å². The summed E-state index contributed by atoms with van der Waals surface area (Å²) in [6.07, 6.45) is 0.00588. The van der Waals surface area contributed by atoms with Crippen molar-refractivity contribution in [2.24, 2.45) is 7.05 Å². The maximum atomic E-state index is 14.9. The Bertz CT molecular complexity index is 1030. The summed E-state index contributed by atoms with van der Waals surface area (Å²) >= 11 is 0. The van der Waals surface area contributed by atoms with Gasteiger partial charge in [-0.25, -0.2) is 13.2 Å². The van der Waals surface area contributed by atoms with Crippen LogP contribution < -0.4 is 14.8 Å². The Morgan fingerprint density at radius 2 is 1.97 bits per heavy atom. The van der Waals surface area contributed by atoms with Crippen molar-refractivity contribution in [1.29, 1.82) is 5.26 Å². The lowest BCUT2D eigenvalue weighted by atomic mass is 9.95. The maximum absolute atomic E-state index is 14.9. The molecule has 33 heavy (non-hydrogen) atoms. The van der Waals surface area contributed by atoms with Crippen molar-refractivity contribution in [1.82, 2.24) is 14.9 Å². The van der Waals surface area contributed by atoms with Crippen LogP contribution in [0.3, 0.4) is 0 Å². The summed E-state index contributed by atoms with van der Waals surface area (Å²) < 4.78 is 58.0. The molecule has 1 aromatic heterocycles. The second-order valence-electron chi connectivity index (χ2n) is 8.15. The minimum Gasteiger partial charge on any atom is -0.484 e. The van der Waals surface area contributed by atoms with Crippen LogP contribution in [0.2, 0.25) is 0 Å². The highest BCUT2D eigenvalue weighted by molar-refractivity contribution is 5.85. The quantitative estimate of drug-likeness (QED) is 0.605. The molecular weight excluding hydrogens is 441 g/mol. The number of ether oxygens (including phenoxy) is 3. The number of halogens is 3. The molecule has 0 bridgehead atoms. The molecule has 1 amide bonds. The van der Waals surface area contributed by atoms with Crippen molar-refractivity contribution in [3.63, 3.8) is 0 Å². The standard InChI is InChI=1S/C22H27F3N4O4/c1-12(27-13(2)30)10-31-15-4-6-16(7-5-15)33-22-28-20-14(9-26)8-17(32-11-18(23)24)19(25)21(20)29(22)3/h8,12,15-16,18H,4-7,10-11H2,1-3H3,(H,27,30)/t12-,15?,16?/m0/s1. The van der Waals surface area contributed by atoms with Crippen LogP contribution in [-0.4, -0.2) is 53.3 Å². The zero-order valence-electron chi connectivity index (χ0n) is 18.7. The van der Waals surface area contributed by atoms with Gasteiger partial charge in [-0.1, -0.05) is 0 Å². The van der Waals surface area contributed by atoms with E-state index in [0.29, 0.717) is 19.4 Å². The van der Waals surface area contributed by atoms with Crippen LogP contribution in [-0.2, 0) is 16.6 Å². The summed E-state index contributed by atoms with van der Waals surface area (Å²) in [5.41, 5.74) is 0.0460. The summed E-state index contributed by atoms with van der Waals surface area (Å²) in [5, 5.41) is 12.2. The summed E-state index contributed by atoms with van der Waals surface area (Å²) in [5.74, 6) is -1.41. The number of benzene rings is 1. The molecule has 0 radical (unpaired) electrons. The molecule has 1 heterocycles. The Hall–Kier alpha value is -3.00. The minimum atomic E-state index is -2.77. The van der Waals surface area contributed by atoms with Gasteiger partial charge in [-0.15, -0.1) is 0 Å². The van der Waals surface area contributed by atoms with Gasteiger partial charge in [0.25, 0.3) is 12.4 Å². The van der Waals surface area contributed by atoms with E-state index in [9.17, 15) is 23.2 Å². The average Bonchev–Trinajstić information content (AvgIpc) is 3.08. The number of hydrogen-bond donors (Lipinski definition) is 1. The van der Waals surface area contributed by atoms with E-state index >= 15 is 0 Å². The first-order chi connectivity index (χ1) is 15.7. The molecule has 3 rings (SSSR count). The Labute approximate surface area is 189 Å². The number of hydrogen-bond acceptors (Lipinski definition) is 6. The summed E-state index contributed by atoms with van der Waals surface area (Å²) in [4.78, 5) is 15.4. The normalized spacial score (nSPS) is 19.3. The van der Waals surface area contributed by atoms with E-state index in [1.165, 1.54) is 18.5 Å². The smallest absolute Gasteiger partial charge is 0.297 e. The minimum absolute atomic E-state index is 0.00603. The van der Waals surface area contributed by atoms with Gasteiger partial charge in [-0.2, -0.15) is 10.2 Å². The Morgan fingerprint density at radius 3 is 2.58 bits per heavy atom. The van der Waals surface area contributed by atoms with Gasteiger partial charge in [-0.3, -0.25) is 9.36 Å². The number of nitrogens with zero attached hydrogens (tertiary/aromatic N) is 3. The first-order valence-electron chi connectivity index (χ1n) is 10.7. The van der Waals surface area contributed by atoms with Crippen LogP contribution in [0.25, 0.3) is 11.0 Å². The Balaban J connectivity index is 1.67. The third-order valence-electron chi connectivity index (χ3n) is 5.42. The van der Waals surface area contributed by atoms with E-state index in [0.717, 1.165) is 18.9 Å². The fourth-order valence-electron chi connectivity index (χ4n) is 3.88. The number of aryl methyl sites for hydroxylation is 1. The number of nitriles is 1. The molecule has 2 aromatic rings. The topological polar surface area (TPSA) is 98.4 Å². The zero-order valence-corrected chi connectivity index (χ0v) is 18.7. The van der Waals surface area contributed by atoms with Gasteiger partial charge in [0.05, 0.1) is 18.3 Å². The van der Waals surface area contributed by atoms with E-state index in [1.54, 1.807) is 0 Å². The SMILES string of the molecule is CC(=O)N[C@@H](C)COC1CCC(Oc2nc3c(C#N)cc(OCC(F)F)c(F)c3n2C)CC1. The molecular formula is C22H27F3N4O4. The van der Waals surface area contributed by atoms with E-state index in [-0.39, 0.29) is 46.8 Å². The second-order valence-corrected chi connectivity index (χ2v) is 8.15. The van der Waals surface area contributed by atoms with Crippen LogP contribution in [0, 0.1) is 17.1 Å². The van der Waals surface area contributed by atoms with Crippen molar-refractivity contribution >= 4 is 16.9 Å². The third-order valence-corrected chi connectivity index (χ3v) is 5.42. The van der Waals surface area contributed by atoms with Gasteiger partial charge in [0.1, 0.15) is 29.8 Å². The maximum Gasteiger partial charge on any atom is 0.297 e. The number of aromatic nitrogens is 2. The summed E-state index contributed by atoms with van der Waals surface area (Å²) in [7, 11) is 1.53. The van der Waals surface area contributed by atoms with Gasteiger partial charge in [-0.05, 0) is 32.6 Å². The van der Waals surface area contributed by atoms with E-state index in [4.69, 9.17) is 14.2 Å². The average molecular weight is 468 g/mol. The number of imidazole rings is 1. The first-order valence-corrected chi connectivity index (χ1v) is 10.7. The van der Waals surface area contributed by atoms with E-state index < -0.39 is 24.6 Å². The van der Waals surface area contributed by atoms with Crippen LogP contribution in [0.1, 0.15) is 45.1 Å². The second kappa shape index (κ2) is 10.7. The molecule has 1 aliphatic carbocycles. The molecule has 0 unspecified atom stereocenters. The van der Waals surface area contributed by atoms with Gasteiger partial charge < -0.3 is 19.5 Å². The Kier molecular flexibility index (Phi) is 8.02. The zero-order chi connectivity index (χ0) is 24.1. The number of carbonyl (C=O) groups is 1. The molecule has 0 saturated heterocycles. The molecule has 0 aliphatic heterocycles. The van der Waals surface area contributed by atoms with Crippen molar-refractivity contribution in [3.05, 3.63) is 17.4 Å². The van der Waals surface area contributed by atoms with E-state index in [1.807, 2.05) is 13.0 Å². The van der Waals surface area contributed by atoms with Gasteiger partial charge >= 0.3 is 0 Å².